The summed E-state index contributed by atoms with van der Waals surface area (Å²) in [6, 6.07) is 6.83. The van der Waals surface area contributed by atoms with Crippen LogP contribution in [0.5, 0.6) is 0 Å². The highest BCUT2D eigenvalue weighted by Gasteiger charge is 2.24. The van der Waals surface area contributed by atoms with Gasteiger partial charge in [-0.25, -0.2) is 0 Å². The zero-order valence-electron chi connectivity index (χ0n) is 11.5. The van der Waals surface area contributed by atoms with Crippen LogP contribution in [0.1, 0.15) is 45.2 Å². The van der Waals surface area contributed by atoms with Crippen LogP contribution in [0.25, 0.3) is 0 Å². The average molecular weight is 267 g/mol. The van der Waals surface area contributed by atoms with Crippen molar-refractivity contribution < 1.29 is 0 Å². The molecule has 0 aromatic heterocycles. The maximum Gasteiger partial charge on any atom is 0.0642 e. The van der Waals surface area contributed by atoms with Gasteiger partial charge in [-0.05, 0) is 50.3 Å². The van der Waals surface area contributed by atoms with E-state index in [1.807, 2.05) is 13.0 Å². The molecular weight excluding hydrogens is 244 g/mol. The van der Waals surface area contributed by atoms with Gasteiger partial charge in [-0.1, -0.05) is 24.6 Å². The molecule has 1 heterocycles. The largest absolute Gasteiger partial charge is 0.367 e. The molecule has 1 aliphatic heterocycles. The molecule has 2 N–H and O–H groups in total. The molecule has 100 valence electrons. The molecule has 0 spiro atoms. The van der Waals surface area contributed by atoms with Gasteiger partial charge in [0.15, 0.2) is 0 Å². The van der Waals surface area contributed by atoms with E-state index in [-0.39, 0.29) is 6.04 Å². The second kappa shape index (κ2) is 5.50. The lowest BCUT2D eigenvalue weighted by molar-refractivity contribution is 0.390. The molecular formula is C15H23ClN2. The van der Waals surface area contributed by atoms with E-state index in [1.54, 1.807) is 0 Å². The number of hydrogen-bond donors (Lipinski definition) is 1. The van der Waals surface area contributed by atoms with E-state index in [9.17, 15) is 0 Å². The fourth-order valence-corrected chi connectivity index (χ4v) is 2.96. The maximum atomic E-state index is 6.42. The minimum absolute atomic E-state index is 0.0363. The van der Waals surface area contributed by atoms with Crippen LogP contribution < -0.4 is 10.6 Å². The first-order valence-electron chi connectivity index (χ1n) is 6.80. The van der Waals surface area contributed by atoms with Crippen LogP contribution >= 0.6 is 11.6 Å². The minimum atomic E-state index is 0.0363. The molecule has 1 aromatic rings. The molecule has 18 heavy (non-hydrogen) atoms. The zero-order chi connectivity index (χ0) is 13.3. The Morgan fingerprint density at radius 3 is 2.67 bits per heavy atom. The maximum absolute atomic E-state index is 6.42. The number of nitrogens with zero attached hydrogens (tertiary/aromatic N) is 1. The zero-order valence-corrected chi connectivity index (χ0v) is 12.2. The molecule has 1 aromatic carbocycles. The fourth-order valence-electron chi connectivity index (χ4n) is 2.66. The Hall–Kier alpha value is -0.730. The van der Waals surface area contributed by atoms with E-state index in [1.165, 1.54) is 12.8 Å². The SMILES string of the molecule is CC1CCC(C)N(c2ccc([C@H](C)N)cc2Cl)C1. The molecule has 0 bridgehead atoms. The first-order valence-corrected chi connectivity index (χ1v) is 7.18. The van der Waals surface area contributed by atoms with Crippen molar-refractivity contribution in [2.75, 3.05) is 11.4 Å². The summed E-state index contributed by atoms with van der Waals surface area (Å²) in [6.07, 6.45) is 2.56. The van der Waals surface area contributed by atoms with Crippen LogP contribution in [0, 0.1) is 5.92 Å². The van der Waals surface area contributed by atoms with Gasteiger partial charge in [0, 0.05) is 18.6 Å². The number of hydrogen-bond acceptors (Lipinski definition) is 2. The van der Waals surface area contributed by atoms with Crippen molar-refractivity contribution in [1.29, 1.82) is 0 Å². The molecule has 3 atom stereocenters. The van der Waals surface area contributed by atoms with Gasteiger partial charge in [0.1, 0.15) is 0 Å². The number of nitrogens with two attached hydrogens (primary N) is 1. The summed E-state index contributed by atoms with van der Waals surface area (Å²) in [5.41, 5.74) is 8.14. The summed E-state index contributed by atoms with van der Waals surface area (Å²) >= 11 is 6.42. The first kappa shape index (κ1) is 13.7. The van der Waals surface area contributed by atoms with Gasteiger partial charge >= 0.3 is 0 Å². The number of rotatable bonds is 2. The Labute approximate surface area is 115 Å². The van der Waals surface area contributed by atoms with Crippen LogP contribution in [0.15, 0.2) is 18.2 Å². The third kappa shape index (κ3) is 2.81. The lowest BCUT2D eigenvalue weighted by Gasteiger charge is -2.39. The van der Waals surface area contributed by atoms with Crippen LogP contribution in [-0.4, -0.2) is 12.6 Å². The van der Waals surface area contributed by atoms with Crippen LogP contribution in [-0.2, 0) is 0 Å². The highest BCUT2D eigenvalue weighted by molar-refractivity contribution is 6.33. The molecule has 2 unspecified atom stereocenters. The van der Waals surface area contributed by atoms with E-state index < -0.39 is 0 Å². The minimum Gasteiger partial charge on any atom is -0.367 e. The molecule has 0 amide bonds. The first-order chi connectivity index (χ1) is 8.49. The lowest BCUT2D eigenvalue weighted by Crippen LogP contribution is -2.41. The number of benzene rings is 1. The molecule has 0 saturated carbocycles. The number of anilines is 1. The summed E-state index contributed by atoms with van der Waals surface area (Å²) in [5, 5.41) is 0.825. The topological polar surface area (TPSA) is 29.3 Å². The van der Waals surface area contributed by atoms with E-state index in [4.69, 9.17) is 17.3 Å². The molecule has 2 rings (SSSR count). The third-order valence-corrected chi connectivity index (χ3v) is 4.23. The highest BCUT2D eigenvalue weighted by atomic mass is 35.5. The van der Waals surface area contributed by atoms with Gasteiger partial charge in [-0.2, -0.15) is 0 Å². The summed E-state index contributed by atoms with van der Waals surface area (Å²) < 4.78 is 0. The van der Waals surface area contributed by atoms with Crippen molar-refractivity contribution in [1.82, 2.24) is 0 Å². The van der Waals surface area contributed by atoms with Gasteiger partial charge in [-0.3, -0.25) is 0 Å². The average Bonchev–Trinajstić information content (AvgIpc) is 2.32. The molecule has 0 aliphatic carbocycles. The normalized spacial score (nSPS) is 26.2. The van der Waals surface area contributed by atoms with Crippen molar-refractivity contribution >= 4 is 17.3 Å². The van der Waals surface area contributed by atoms with Crippen molar-refractivity contribution in [3.05, 3.63) is 28.8 Å². The van der Waals surface area contributed by atoms with Gasteiger partial charge < -0.3 is 10.6 Å². The Balaban J connectivity index is 2.27. The molecule has 1 fully saturated rings. The van der Waals surface area contributed by atoms with Crippen molar-refractivity contribution in [2.45, 2.75) is 45.7 Å². The van der Waals surface area contributed by atoms with Crippen LogP contribution in [0.4, 0.5) is 5.69 Å². The van der Waals surface area contributed by atoms with E-state index >= 15 is 0 Å². The quantitative estimate of drug-likeness (QED) is 0.877. The molecule has 1 aliphatic rings. The number of piperidine rings is 1. The predicted octanol–water partition coefficient (Wildman–Crippen LogP) is 3.98. The molecule has 2 nitrogen and oxygen atoms in total. The Morgan fingerprint density at radius 2 is 2.06 bits per heavy atom. The molecule has 3 heteroatoms. The van der Waals surface area contributed by atoms with Crippen molar-refractivity contribution in [3.8, 4) is 0 Å². The lowest BCUT2D eigenvalue weighted by atomic mass is 9.94. The standard InChI is InChI=1S/C15H23ClN2/c1-10-4-5-11(2)18(9-10)15-7-6-13(12(3)17)8-14(15)16/h6-8,10-12H,4-5,9,17H2,1-3H3/t10?,11?,12-/m0/s1. The Bertz CT molecular complexity index is 417. The van der Waals surface area contributed by atoms with Crippen molar-refractivity contribution in [2.24, 2.45) is 11.7 Å². The second-order valence-corrected chi connectivity index (χ2v) is 6.09. The smallest absolute Gasteiger partial charge is 0.0642 e. The van der Waals surface area contributed by atoms with E-state index in [0.29, 0.717) is 6.04 Å². The van der Waals surface area contributed by atoms with Gasteiger partial charge in [0.2, 0.25) is 0 Å². The highest BCUT2D eigenvalue weighted by Crippen LogP contribution is 2.34. The third-order valence-electron chi connectivity index (χ3n) is 3.92. The fraction of sp³-hybridized carbons (Fsp3) is 0.600. The van der Waals surface area contributed by atoms with Gasteiger partial charge in [0.05, 0.1) is 10.7 Å². The van der Waals surface area contributed by atoms with E-state index in [2.05, 4.69) is 30.9 Å². The van der Waals surface area contributed by atoms with Crippen LogP contribution in [0.3, 0.4) is 0 Å². The summed E-state index contributed by atoms with van der Waals surface area (Å²) in [6.45, 7) is 7.67. The summed E-state index contributed by atoms with van der Waals surface area (Å²) in [4.78, 5) is 2.43. The molecule has 0 radical (unpaired) electrons. The Morgan fingerprint density at radius 1 is 1.33 bits per heavy atom. The summed E-state index contributed by atoms with van der Waals surface area (Å²) in [5.74, 6) is 0.741. The predicted molar refractivity (Wildman–Crippen MR) is 79.3 cm³/mol. The monoisotopic (exact) mass is 266 g/mol. The second-order valence-electron chi connectivity index (χ2n) is 5.68. The van der Waals surface area contributed by atoms with E-state index in [0.717, 1.165) is 28.7 Å². The number of halogens is 1. The summed E-state index contributed by atoms with van der Waals surface area (Å²) in [7, 11) is 0. The van der Waals surface area contributed by atoms with Crippen molar-refractivity contribution in [3.63, 3.8) is 0 Å². The van der Waals surface area contributed by atoms with Gasteiger partial charge in [0.25, 0.3) is 0 Å². The molecule has 1 saturated heterocycles. The Kier molecular flexibility index (Phi) is 4.18. The van der Waals surface area contributed by atoms with Crippen LogP contribution in [0.2, 0.25) is 5.02 Å². The van der Waals surface area contributed by atoms with Gasteiger partial charge in [-0.15, -0.1) is 0 Å².